The number of anilines is 1. The molecule has 0 unspecified atom stereocenters. The lowest BCUT2D eigenvalue weighted by Crippen LogP contribution is -2.16. The maximum absolute atomic E-state index is 12.6. The lowest BCUT2D eigenvalue weighted by Gasteiger charge is -2.19. The van der Waals surface area contributed by atoms with Crippen molar-refractivity contribution in [2.45, 2.75) is 44.8 Å². The monoisotopic (exact) mass is 484 g/mol. The Kier molecular flexibility index (Phi) is 7.76. The van der Waals surface area contributed by atoms with E-state index in [1.165, 1.54) is 35.8 Å². The van der Waals surface area contributed by atoms with Crippen LogP contribution in [0.2, 0.25) is 0 Å². The van der Waals surface area contributed by atoms with Crippen LogP contribution in [0.1, 0.15) is 41.6 Å². The van der Waals surface area contributed by atoms with E-state index in [1.807, 2.05) is 23.6 Å². The molecule has 0 saturated carbocycles. The summed E-state index contributed by atoms with van der Waals surface area (Å²) in [6.07, 6.45) is 1.78. The molecule has 3 aromatic rings. The van der Waals surface area contributed by atoms with Gasteiger partial charge in [0.1, 0.15) is 5.00 Å². The highest BCUT2D eigenvalue weighted by Gasteiger charge is 2.20. The molecule has 2 aromatic heterocycles. The fourth-order valence-corrected chi connectivity index (χ4v) is 4.85. The molecule has 2 heterocycles. The van der Waals surface area contributed by atoms with Crippen molar-refractivity contribution in [3.05, 3.63) is 59.0 Å². The number of ether oxygens (including phenoxy) is 1. The Balaban J connectivity index is 1.74. The summed E-state index contributed by atoms with van der Waals surface area (Å²) in [5, 5.41) is 12.6. The molecule has 1 N–H and O–H groups in total. The van der Waals surface area contributed by atoms with Gasteiger partial charge in [-0.05, 0) is 24.0 Å². The minimum absolute atomic E-state index is 0.0660. The van der Waals surface area contributed by atoms with Crippen molar-refractivity contribution < 1.29 is 14.3 Å². The number of esters is 1. The van der Waals surface area contributed by atoms with Crippen LogP contribution in [-0.2, 0) is 21.5 Å². The molecule has 1 aromatic carbocycles. The highest BCUT2D eigenvalue weighted by Crippen LogP contribution is 2.30. The van der Waals surface area contributed by atoms with Crippen LogP contribution in [0.15, 0.2) is 48.1 Å². The average molecular weight is 485 g/mol. The minimum Gasteiger partial charge on any atom is -0.465 e. The first-order chi connectivity index (χ1) is 15.6. The summed E-state index contributed by atoms with van der Waals surface area (Å²) in [4.78, 5) is 25.4. The van der Waals surface area contributed by atoms with Crippen LogP contribution < -0.4 is 5.32 Å². The third-order valence-electron chi connectivity index (χ3n) is 4.88. The van der Waals surface area contributed by atoms with Gasteiger partial charge in [0.2, 0.25) is 5.91 Å². The van der Waals surface area contributed by atoms with Crippen LogP contribution in [0, 0.1) is 6.92 Å². The fourth-order valence-electron chi connectivity index (χ4n) is 3.18. The summed E-state index contributed by atoms with van der Waals surface area (Å²) in [6, 6.07) is 9.99. The van der Waals surface area contributed by atoms with Crippen molar-refractivity contribution >= 4 is 40.0 Å². The smallest absolute Gasteiger partial charge is 0.340 e. The molecule has 0 spiro atoms. The molecule has 0 saturated heterocycles. The maximum Gasteiger partial charge on any atom is 0.340 e. The number of aromatic nitrogens is 3. The van der Waals surface area contributed by atoms with Gasteiger partial charge in [0.15, 0.2) is 11.0 Å². The van der Waals surface area contributed by atoms with Gasteiger partial charge in [0.05, 0.1) is 18.4 Å². The number of benzene rings is 1. The second-order valence-electron chi connectivity index (χ2n) is 8.46. The summed E-state index contributed by atoms with van der Waals surface area (Å²) < 4.78 is 6.73. The topological polar surface area (TPSA) is 86.1 Å². The zero-order chi connectivity index (χ0) is 24.2. The van der Waals surface area contributed by atoms with Gasteiger partial charge < -0.3 is 10.1 Å². The number of thioether (sulfide) groups is 1. The Morgan fingerprint density at radius 2 is 1.94 bits per heavy atom. The second-order valence-corrected chi connectivity index (χ2v) is 10.7. The van der Waals surface area contributed by atoms with Crippen LogP contribution in [0.3, 0.4) is 0 Å². The molecule has 0 bridgehead atoms. The summed E-state index contributed by atoms with van der Waals surface area (Å²) in [7, 11) is 1.32. The van der Waals surface area contributed by atoms with Crippen LogP contribution >= 0.6 is 23.1 Å². The molecule has 1 amide bonds. The number of hydrogen-bond donors (Lipinski definition) is 1. The third-order valence-corrected chi connectivity index (χ3v) is 6.82. The van der Waals surface area contributed by atoms with Crippen molar-refractivity contribution in [3.63, 3.8) is 0 Å². The van der Waals surface area contributed by atoms with Crippen LogP contribution in [0.4, 0.5) is 5.00 Å². The zero-order valence-corrected chi connectivity index (χ0v) is 21.1. The predicted molar refractivity (Wildman–Crippen MR) is 134 cm³/mol. The van der Waals surface area contributed by atoms with Gasteiger partial charge in [0.25, 0.3) is 0 Å². The summed E-state index contributed by atoms with van der Waals surface area (Å²) >= 11 is 2.62. The molecule has 9 heteroatoms. The maximum atomic E-state index is 12.6. The van der Waals surface area contributed by atoms with Crippen LogP contribution in [0.25, 0.3) is 11.4 Å². The number of aryl methyl sites for hydroxylation is 1. The largest absolute Gasteiger partial charge is 0.465 e. The number of carbonyl (C=O) groups is 2. The van der Waals surface area contributed by atoms with Gasteiger partial charge in [-0.1, -0.05) is 62.9 Å². The molecule has 0 aliphatic heterocycles. The minimum atomic E-state index is -0.477. The average Bonchev–Trinajstić information content (AvgIpc) is 3.34. The molecular formula is C24H28N4O3S2. The van der Waals surface area contributed by atoms with Gasteiger partial charge in [-0.15, -0.1) is 28.1 Å². The Morgan fingerprint density at radius 1 is 1.24 bits per heavy atom. The number of hydrogen-bond acceptors (Lipinski definition) is 7. The quantitative estimate of drug-likeness (QED) is 0.265. The second kappa shape index (κ2) is 10.4. The molecule has 0 fully saturated rings. The number of allylic oxidation sites excluding steroid dienone is 1. The van der Waals surface area contributed by atoms with Crippen LogP contribution in [0.5, 0.6) is 0 Å². The predicted octanol–water partition coefficient (Wildman–Crippen LogP) is 5.32. The summed E-state index contributed by atoms with van der Waals surface area (Å²) in [6.45, 7) is 12.7. The SMILES string of the molecule is C=CCn1c(SCC(=O)Nc2sc(C)cc2C(=O)OC)nnc1-c1ccc(C(C)(C)C)cc1. The Bertz CT molecular complexity index is 1160. The molecule has 174 valence electrons. The van der Waals surface area contributed by atoms with E-state index in [9.17, 15) is 9.59 Å². The Morgan fingerprint density at radius 3 is 2.55 bits per heavy atom. The molecule has 0 atom stereocenters. The van der Waals surface area contributed by atoms with Crippen molar-refractivity contribution in [2.24, 2.45) is 0 Å². The molecule has 0 aliphatic carbocycles. The highest BCUT2D eigenvalue weighted by molar-refractivity contribution is 7.99. The van der Waals surface area contributed by atoms with E-state index in [0.29, 0.717) is 22.3 Å². The van der Waals surface area contributed by atoms with E-state index in [1.54, 1.807) is 12.1 Å². The molecule has 0 radical (unpaired) electrons. The van der Waals surface area contributed by atoms with Crippen molar-refractivity contribution in [2.75, 3.05) is 18.2 Å². The number of carbonyl (C=O) groups excluding carboxylic acids is 2. The lowest BCUT2D eigenvalue weighted by atomic mass is 9.87. The fraction of sp³-hybridized carbons (Fsp3) is 0.333. The van der Waals surface area contributed by atoms with Gasteiger partial charge in [-0.2, -0.15) is 0 Å². The van der Waals surface area contributed by atoms with E-state index in [2.05, 4.69) is 55.0 Å². The van der Waals surface area contributed by atoms with E-state index in [-0.39, 0.29) is 17.1 Å². The first-order valence-electron chi connectivity index (χ1n) is 10.4. The lowest BCUT2D eigenvalue weighted by molar-refractivity contribution is -0.113. The third kappa shape index (κ3) is 5.91. The van der Waals surface area contributed by atoms with Gasteiger partial charge >= 0.3 is 5.97 Å². The summed E-state index contributed by atoms with van der Waals surface area (Å²) in [5.41, 5.74) is 2.61. The van der Waals surface area contributed by atoms with Crippen molar-refractivity contribution in [1.82, 2.24) is 14.8 Å². The Hall–Kier alpha value is -2.91. The molecule has 33 heavy (non-hydrogen) atoms. The van der Waals surface area contributed by atoms with Gasteiger partial charge in [-0.25, -0.2) is 4.79 Å². The molecular weight excluding hydrogens is 456 g/mol. The number of amides is 1. The standard InChI is InChI=1S/C24H28N4O3S2/c1-7-12-28-20(16-8-10-17(11-9-16)24(3,4)5)26-27-23(28)32-14-19(29)25-21-18(22(30)31-6)13-15(2)33-21/h7-11,13H,1,12,14H2,2-6H3,(H,25,29). The summed E-state index contributed by atoms with van der Waals surface area (Å²) in [5.74, 6) is 0.127. The molecule has 7 nitrogen and oxygen atoms in total. The zero-order valence-electron chi connectivity index (χ0n) is 19.5. The number of rotatable bonds is 8. The first kappa shape index (κ1) is 24.7. The van der Waals surface area contributed by atoms with Crippen LogP contribution in [-0.4, -0.2) is 39.5 Å². The van der Waals surface area contributed by atoms with E-state index in [4.69, 9.17) is 4.74 Å². The van der Waals surface area contributed by atoms with Crippen molar-refractivity contribution in [3.8, 4) is 11.4 Å². The van der Waals surface area contributed by atoms with Crippen molar-refractivity contribution in [1.29, 1.82) is 0 Å². The number of nitrogens with zero attached hydrogens (tertiary/aromatic N) is 3. The number of methoxy groups -OCH3 is 1. The van der Waals surface area contributed by atoms with E-state index in [0.717, 1.165) is 16.3 Å². The molecule has 3 rings (SSSR count). The first-order valence-corrected chi connectivity index (χ1v) is 12.2. The van der Waals surface area contributed by atoms with E-state index < -0.39 is 5.97 Å². The van der Waals surface area contributed by atoms with Gasteiger partial charge in [0, 0.05) is 17.0 Å². The Labute approximate surface area is 202 Å². The van der Waals surface area contributed by atoms with Gasteiger partial charge in [-0.3, -0.25) is 9.36 Å². The van der Waals surface area contributed by atoms with E-state index >= 15 is 0 Å². The normalized spacial score (nSPS) is 11.3. The molecule has 0 aliphatic rings. The number of nitrogens with one attached hydrogen (secondary N) is 1. The number of thiophene rings is 1. The highest BCUT2D eigenvalue weighted by atomic mass is 32.2.